The second kappa shape index (κ2) is 5.89. The van der Waals surface area contributed by atoms with E-state index in [-0.39, 0.29) is 12.5 Å². The first kappa shape index (κ1) is 13.6. The van der Waals surface area contributed by atoms with E-state index in [0.717, 1.165) is 23.0 Å². The molecule has 1 amide bonds. The van der Waals surface area contributed by atoms with Gasteiger partial charge in [-0.05, 0) is 48.2 Å². The largest absolute Gasteiger partial charge is 0.396 e. The molecule has 1 aliphatic rings. The number of halogens is 1. The summed E-state index contributed by atoms with van der Waals surface area (Å²) >= 11 is 3.44. The lowest BCUT2D eigenvalue weighted by Crippen LogP contribution is -2.33. The summed E-state index contributed by atoms with van der Waals surface area (Å²) in [6.07, 6.45) is 4.93. The molecular weight excluding hydrogens is 296 g/mol. The molecule has 100 valence electrons. The van der Waals surface area contributed by atoms with Gasteiger partial charge in [-0.3, -0.25) is 4.79 Å². The van der Waals surface area contributed by atoms with Gasteiger partial charge in [0.05, 0.1) is 0 Å². The van der Waals surface area contributed by atoms with E-state index in [9.17, 15) is 4.79 Å². The fraction of sp³-hybridized carbons (Fsp3) is 0.615. The Morgan fingerprint density at radius 2 is 2.33 bits per heavy atom. The lowest BCUT2D eigenvalue weighted by atomic mass is 10.3. The predicted molar refractivity (Wildman–Crippen MR) is 73.7 cm³/mol. The predicted octanol–water partition coefficient (Wildman–Crippen LogP) is 2.43. The number of aromatic nitrogens is 1. The first-order chi connectivity index (χ1) is 8.67. The smallest absolute Gasteiger partial charge is 0.270 e. The zero-order valence-electron chi connectivity index (χ0n) is 10.6. The lowest BCUT2D eigenvalue weighted by Gasteiger charge is -2.21. The van der Waals surface area contributed by atoms with Gasteiger partial charge >= 0.3 is 0 Å². The maximum atomic E-state index is 12.5. The average molecular weight is 315 g/mol. The monoisotopic (exact) mass is 314 g/mol. The van der Waals surface area contributed by atoms with Crippen molar-refractivity contribution in [1.82, 2.24) is 9.47 Å². The Morgan fingerprint density at radius 1 is 1.61 bits per heavy atom. The van der Waals surface area contributed by atoms with Crippen LogP contribution in [0.4, 0.5) is 0 Å². The summed E-state index contributed by atoms with van der Waals surface area (Å²) in [7, 11) is 0. The molecule has 0 spiro atoms. The zero-order valence-corrected chi connectivity index (χ0v) is 12.2. The van der Waals surface area contributed by atoms with Crippen LogP contribution in [0.3, 0.4) is 0 Å². The van der Waals surface area contributed by atoms with Crippen LogP contribution in [0, 0.1) is 0 Å². The Morgan fingerprint density at radius 3 is 2.89 bits per heavy atom. The molecule has 0 aliphatic heterocycles. The summed E-state index contributed by atoms with van der Waals surface area (Å²) in [6, 6.07) is 2.38. The fourth-order valence-corrected chi connectivity index (χ4v) is 2.54. The number of carbonyl (C=O) groups excluding carboxylic acids is 1. The van der Waals surface area contributed by atoms with Crippen molar-refractivity contribution in [2.45, 2.75) is 32.2 Å². The number of carbonyl (C=O) groups is 1. The van der Waals surface area contributed by atoms with Crippen LogP contribution < -0.4 is 0 Å². The SMILES string of the molecule is CCN(CCCO)C(=O)c1cc(Br)cn1C1CC1. The summed E-state index contributed by atoms with van der Waals surface area (Å²) < 4.78 is 3.03. The molecule has 1 heterocycles. The Labute approximate surface area is 116 Å². The Bertz CT molecular complexity index is 427. The number of rotatable bonds is 6. The molecule has 18 heavy (non-hydrogen) atoms. The van der Waals surface area contributed by atoms with Crippen molar-refractivity contribution < 1.29 is 9.90 Å². The molecule has 1 aromatic rings. The van der Waals surface area contributed by atoms with Gasteiger partial charge in [-0.15, -0.1) is 0 Å². The third-order valence-electron chi connectivity index (χ3n) is 3.23. The normalized spacial score (nSPS) is 14.8. The van der Waals surface area contributed by atoms with E-state index < -0.39 is 0 Å². The molecule has 1 aromatic heterocycles. The molecule has 2 rings (SSSR count). The lowest BCUT2D eigenvalue weighted by molar-refractivity contribution is 0.0743. The molecule has 0 aromatic carbocycles. The van der Waals surface area contributed by atoms with E-state index in [2.05, 4.69) is 20.5 Å². The molecule has 0 atom stereocenters. The first-order valence-electron chi connectivity index (χ1n) is 6.45. The standard InChI is InChI=1S/C13H19BrN2O2/c1-2-15(6-3-7-17)13(18)12-8-10(14)9-16(12)11-4-5-11/h8-9,11,17H,2-7H2,1H3. The molecule has 0 saturated heterocycles. The van der Waals surface area contributed by atoms with Crippen LogP contribution >= 0.6 is 15.9 Å². The number of hydrogen-bond acceptors (Lipinski definition) is 2. The van der Waals surface area contributed by atoms with Gasteiger partial charge in [0.1, 0.15) is 5.69 Å². The highest BCUT2D eigenvalue weighted by molar-refractivity contribution is 9.10. The van der Waals surface area contributed by atoms with Gasteiger partial charge in [-0.25, -0.2) is 0 Å². The molecule has 5 heteroatoms. The van der Waals surface area contributed by atoms with Crippen LogP contribution in [0.15, 0.2) is 16.7 Å². The number of nitrogens with zero attached hydrogens (tertiary/aromatic N) is 2. The Kier molecular flexibility index (Phi) is 4.45. The number of hydrogen-bond donors (Lipinski definition) is 1. The van der Waals surface area contributed by atoms with Crippen LogP contribution in [0.2, 0.25) is 0 Å². The summed E-state index contributed by atoms with van der Waals surface area (Å²) in [5, 5.41) is 8.87. The summed E-state index contributed by atoms with van der Waals surface area (Å²) in [6.45, 7) is 3.37. The van der Waals surface area contributed by atoms with E-state index in [0.29, 0.717) is 25.6 Å². The van der Waals surface area contributed by atoms with Gasteiger partial charge in [-0.1, -0.05) is 0 Å². The first-order valence-corrected chi connectivity index (χ1v) is 7.24. The average Bonchev–Trinajstić information content (AvgIpc) is 3.13. The maximum Gasteiger partial charge on any atom is 0.270 e. The van der Waals surface area contributed by atoms with E-state index in [1.54, 1.807) is 4.90 Å². The van der Waals surface area contributed by atoms with Gasteiger partial charge in [0.2, 0.25) is 0 Å². The van der Waals surface area contributed by atoms with Crippen LogP contribution in [0.1, 0.15) is 42.7 Å². The highest BCUT2D eigenvalue weighted by Crippen LogP contribution is 2.37. The van der Waals surface area contributed by atoms with Crippen LogP contribution in [0.5, 0.6) is 0 Å². The second-order valence-electron chi connectivity index (χ2n) is 4.64. The minimum Gasteiger partial charge on any atom is -0.396 e. The van der Waals surface area contributed by atoms with Crippen LogP contribution in [-0.2, 0) is 0 Å². The summed E-state index contributed by atoms with van der Waals surface area (Å²) in [5.74, 6) is 0.0588. The molecular formula is C13H19BrN2O2. The van der Waals surface area contributed by atoms with Crippen molar-refractivity contribution >= 4 is 21.8 Å². The van der Waals surface area contributed by atoms with Crippen LogP contribution in [-0.4, -0.2) is 40.2 Å². The van der Waals surface area contributed by atoms with E-state index in [1.807, 2.05) is 19.2 Å². The molecule has 4 nitrogen and oxygen atoms in total. The van der Waals surface area contributed by atoms with Gasteiger partial charge in [-0.2, -0.15) is 0 Å². The second-order valence-corrected chi connectivity index (χ2v) is 5.56. The molecule has 0 radical (unpaired) electrons. The fourth-order valence-electron chi connectivity index (χ4n) is 2.10. The molecule has 1 N–H and O–H groups in total. The van der Waals surface area contributed by atoms with Gasteiger partial charge in [0.15, 0.2) is 0 Å². The van der Waals surface area contributed by atoms with Crippen LogP contribution in [0.25, 0.3) is 0 Å². The van der Waals surface area contributed by atoms with Crippen molar-refractivity contribution in [3.05, 3.63) is 22.4 Å². The van der Waals surface area contributed by atoms with Crippen molar-refractivity contribution in [3.8, 4) is 0 Å². The van der Waals surface area contributed by atoms with Gasteiger partial charge < -0.3 is 14.6 Å². The molecule has 1 fully saturated rings. The van der Waals surface area contributed by atoms with Gasteiger partial charge in [0.25, 0.3) is 5.91 Å². The van der Waals surface area contributed by atoms with Crippen molar-refractivity contribution in [1.29, 1.82) is 0 Å². The highest BCUT2D eigenvalue weighted by Gasteiger charge is 2.29. The third kappa shape index (κ3) is 2.95. The minimum atomic E-state index is 0.0588. The Hall–Kier alpha value is -0.810. The Balaban J connectivity index is 2.15. The third-order valence-corrected chi connectivity index (χ3v) is 3.66. The minimum absolute atomic E-state index is 0.0588. The summed E-state index contributed by atoms with van der Waals surface area (Å²) in [4.78, 5) is 14.2. The van der Waals surface area contributed by atoms with E-state index >= 15 is 0 Å². The van der Waals surface area contributed by atoms with E-state index in [1.165, 1.54) is 0 Å². The van der Waals surface area contributed by atoms with E-state index in [4.69, 9.17) is 5.11 Å². The molecule has 0 bridgehead atoms. The van der Waals surface area contributed by atoms with Crippen molar-refractivity contribution in [3.63, 3.8) is 0 Å². The maximum absolute atomic E-state index is 12.5. The number of aliphatic hydroxyl groups excluding tert-OH is 1. The number of aliphatic hydroxyl groups is 1. The van der Waals surface area contributed by atoms with Crippen molar-refractivity contribution in [2.24, 2.45) is 0 Å². The molecule has 1 saturated carbocycles. The van der Waals surface area contributed by atoms with Gasteiger partial charge in [0, 0.05) is 36.4 Å². The number of amides is 1. The van der Waals surface area contributed by atoms with Crippen molar-refractivity contribution in [2.75, 3.05) is 19.7 Å². The highest BCUT2D eigenvalue weighted by atomic mass is 79.9. The molecule has 0 unspecified atom stereocenters. The topological polar surface area (TPSA) is 45.5 Å². The summed E-state index contributed by atoms with van der Waals surface area (Å²) in [5.41, 5.74) is 0.754. The zero-order chi connectivity index (χ0) is 13.1. The molecule has 1 aliphatic carbocycles. The quantitative estimate of drug-likeness (QED) is 0.876.